The summed E-state index contributed by atoms with van der Waals surface area (Å²) in [5.74, 6) is -1.11. The van der Waals surface area contributed by atoms with E-state index in [0.717, 1.165) is 6.07 Å². The Kier molecular flexibility index (Phi) is 2.70. The largest absolute Gasteiger partial charge is 0.287 e. The molecule has 0 saturated heterocycles. The molecule has 1 aromatic carbocycles. The van der Waals surface area contributed by atoms with Crippen LogP contribution in [0.2, 0.25) is 5.02 Å². The van der Waals surface area contributed by atoms with Gasteiger partial charge in [0.2, 0.25) is 5.78 Å². The molecule has 0 bridgehead atoms. The standard InChI is InChI=1S/C10H7ClFN3O/c1-15-9(5-13-14-15)10(16)7-4-6(11)2-3-8(7)12/h2-5H,1H3. The van der Waals surface area contributed by atoms with Gasteiger partial charge >= 0.3 is 0 Å². The molecule has 0 atom stereocenters. The summed E-state index contributed by atoms with van der Waals surface area (Å²) in [6, 6.07) is 3.82. The van der Waals surface area contributed by atoms with E-state index < -0.39 is 11.6 Å². The number of nitrogens with zero attached hydrogens (tertiary/aromatic N) is 3. The predicted molar refractivity (Wildman–Crippen MR) is 55.8 cm³/mol. The maximum atomic E-state index is 13.4. The van der Waals surface area contributed by atoms with Crippen LogP contribution in [0.5, 0.6) is 0 Å². The molecule has 0 N–H and O–H groups in total. The number of hydrogen-bond donors (Lipinski definition) is 0. The Balaban J connectivity index is 2.49. The Hall–Kier alpha value is -1.75. The third-order valence-electron chi connectivity index (χ3n) is 2.12. The average Bonchev–Trinajstić information content (AvgIpc) is 2.67. The number of aromatic nitrogens is 3. The van der Waals surface area contributed by atoms with Gasteiger partial charge in [0.05, 0.1) is 11.8 Å². The number of benzene rings is 1. The highest BCUT2D eigenvalue weighted by Gasteiger charge is 2.17. The lowest BCUT2D eigenvalue weighted by Crippen LogP contribution is -2.10. The van der Waals surface area contributed by atoms with E-state index in [2.05, 4.69) is 10.3 Å². The molecule has 0 radical (unpaired) electrons. The van der Waals surface area contributed by atoms with Crippen LogP contribution in [0.4, 0.5) is 4.39 Å². The lowest BCUT2D eigenvalue weighted by atomic mass is 10.1. The summed E-state index contributed by atoms with van der Waals surface area (Å²) in [7, 11) is 1.56. The first kappa shape index (κ1) is 10.8. The molecular formula is C10H7ClFN3O. The molecule has 82 valence electrons. The number of carbonyl (C=O) groups is 1. The van der Waals surface area contributed by atoms with Crippen LogP contribution in [-0.4, -0.2) is 20.8 Å². The van der Waals surface area contributed by atoms with Crippen LogP contribution in [0, 0.1) is 5.82 Å². The predicted octanol–water partition coefficient (Wildman–Crippen LogP) is 1.84. The normalized spacial score (nSPS) is 10.4. The second kappa shape index (κ2) is 4.02. The highest BCUT2D eigenvalue weighted by atomic mass is 35.5. The van der Waals surface area contributed by atoms with E-state index in [1.54, 1.807) is 7.05 Å². The van der Waals surface area contributed by atoms with Crippen molar-refractivity contribution >= 4 is 17.4 Å². The van der Waals surface area contributed by atoms with Gasteiger partial charge in [0.1, 0.15) is 11.5 Å². The molecule has 0 spiro atoms. The minimum absolute atomic E-state index is 0.0853. The van der Waals surface area contributed by atoms with Gasteiger partial charge in [-0.15, -0.1) is 5.10 Å². The maximum Gasteiger partial charge on any atom is 0.215 e. The van der Waals surface area contributed by atoms with Crippen molar-refractivity contribution in [3.05, 3.63) is 46.5 Å². The molecule has 0 aliphatic heterocycles. The molecule has 2 aromatic rings. The monoisotopic (exact) mass is 239 g/mol. The van der Waals surface area contributed by atoms with Crippen molar-refractivity contribution in [2.75, 3.05) is 0 Å². The summed E-state index contributed by atoms with van der Waals surface area (Å²) in [5.41, 5.74) is 0.124. The number of aryl methyl sites for hydroxylation is 1. The summed E-state index contributed by atoms with van der Waals surface area (Å²) in [6.07, 6.45) is 1.28. The Morgan fingerprint density at radius 2 is 2.25 bits per heavy atom. The van der Waals surface area contributed by atoms with Crippen LogP contribution in [-0.2, 0) is 7.05 Å². The van der Waals surface area contributed by atoms with Crippen LogP contribution < -0.4 is 0 Å². The van der Waals surface area contributed by atoms with E-state index in [4.69, 9.17) is 11.6 Å². The first-order valence-corrected chi connectivity index (χ1v) is 4.82. The average molecular weight is 240 g/mol. The zero-order valence-corrected chi connectivity index (χ0v) is 9.07. The number of rotatable bonds is 2. The van der Waals surface area contributed by atoms with Gasteiger partial charge in [-0.2, -0.15) is 0 Å². The topological polar surface area (TPSA) is 47.8 Å². The third kappa shape index (κ3) is 1.81. The van der Waals surface area contributed by atoms with Crippen molar-refractivity contribution in [1.29, 1.82) is 0 Å². The van der Waals surface area contributed by atoms with Crippen molar-refractivity contribution in [3.8, 4) is 0 Å². The fourth-order valence-corrected chi connectivity index (χ4v) is 1.48. The van der Waals surface area contributed by atoms with Gasteiger partial charge < -0.3 is 0 Å². The van der Waals surface area contributed by atoms with Gasteiger partial charge in [-0.1, -0.05) is 16.8 Å². The maximum absolute atomic E-state index is 13.4. The number of hydrogen-bond acceptors (Lipinski definition) is 3. The Morgan fingerprint density at radius 3 is 2.88 bits per heavy atom. The summed E-state index contributed by atoms with van der Waals surface area (Å²) < 4.78 is 14.7. The fraction of sp³-hybridized carbons (Fsp3) is 0.100. The first-order chi connectivity index (χ1) is 7.59. The van der Waals surface area contributed by atoms with Crippen molar-refractivity contribution in [2.24, 2.45) is 7.05 Å². The summed E-state index contributed by atoms with van der Waals surface area (Å²) in [6.45, 7) is 0. The lowest BCUT2D eigenvalue weighted by molar-refractivity contribution is 0.102. The van der Waals surface area contributed by atoms with Crippen LogP contribution in [0.25, 0.3) is 0 Å². The van der Waals surface area contributed by atoms with Crippen LogP contribution in [0.3, 0.4) is 0 Å². The van der Waals surface area contributed by atoms with Crippen molar-refractivity contribution in [3.63, 3.8) is 0 Å². The van der Waals surface area contributed by atoms with Crippen molar-refractivity contribution in [1.82, 2.24) is 15.0 Å². The molecule has 0 aliphatic rings. The summed E-state index contributed by atoms with van der Waals surface area (Å²) in [5, 5.41) is 7.47. The molecule has 0 amide bonds. The zero-order chi connectivity index (χ0) is 11.7. The molecule has 1 aromatic heterocycles. The van der Waals surface area contributed by atoms with Crippen LogP contribution in [0.15, 0.2) is 24.4 Å². The highest BCUT2D eigenvalue weighted by Crippen LogP contribution is 2.17. The molecule has 2 rings (SSSR count). The van der Waals surface area contributed by atoms with E-state index in [9.17, 15) is 9.18 Å². The quantitative estimate of drug-likeness (QED) is 0.752. The molecule has 0 fully saturated rings. The molecule has 1 heterocycles. The SMILES string of the molecule is Cn1nncc1C(=O)c1cc(Cl)ccc1F. The molecule has 0 aliphatic carbocycles. The van der Waals surface area contributed by atoms with Gasteiger partial charge in [0, 0.05) is 12.1 Å². The van der Waals surface area contributed by atoms with Gasteiger partial charge in [-0.05, 0) is 18.2 Å². The second-order valence-electron chi connectivity index (χ2n) is 3.20. The van der Waals surface area contributed by atoms with Crippen molar-refractivity contribution in [2.45, 2.75) is 0 Å². The Morgan fingerprint density at radius 1 is 1.50 bits per heavy atom. The minimum Gasteiger partial charge on any atom is -0.287 e. The van der Waals surface area contributed by atoms with Gasteiger partial charge in [0.25, 0.3) is 0 Å². The summed E-state index contributed by atoms with van der Waals surface area (Å²) >= 11 is 5.71. The Labute approximate surface area is 95.6 Å². The van der Waals surface area contributed by atoms with E-state index in [0.29, 0.717) is 5.02 Å². The first-order valence-electron chi connectivity index (χ1n) is 4.44. The molecule has 16 heavy (non-hydrogen) atoms. The molecular weight excluding hydrogens is 233 g/mol. The number of ketones is 1. The second-order valence-corrected chi connectivity index (χ2v) is 3.63. The summed E-state index contributed by atoms with van der Waals surface area (Å²) in [4.78, 5) is 11.9. The van der Waals surface area contributed by atoms with E-state index in [1.807, 2.05) is 0 Å². The third-order valence-corrected chi connectivity index (χ3v) is 2.36. The van der Waals surface area contributed by atoms with E-state index in [1.165, 1.54) is 23.0 Å². The molecule has 0 unspecified atom stereocenters. The number of halogens is 2. The molecule has 4 nitrogen and oxygen atoms in total. The lowest BCUT2D eigenvalue weighted by Gasteiger charge is -2.02. The fourth-order valence-electron chi connectivity index (χ4n) is 1.30. The van der Waals surface area contributed by atoms with E-state index >= 15 is 0 Å². The molecule has 6 heteroatoms. The molecule has 0 saturated carbocycles. The minimum atomic E-state index is -0.615. The van der Waals surface area contributed by atoms with Gasteiger partial charge in [0.15, 0.2) is 0 Å². The van der Waals surface area contributed by atoms with Gasteiger partial charge in [-0.3, -0.25) is 4.79 Å². The smallest absolute Gasteiger partial charge is 0.215 e. The highest BCUT2D eigenvalue weighted by molar-refractivity contribution is 6.31. The van der Waals surface area contributed by atoms with E-state index in [-0.39, 0.29) is 11.3 Å². The van der Waals surface area contributed by atoms with Crippen LogP contribution >= 0.6 is 11.6 Å². The van der Waals surface area contributed by atoms with Crippen LogP contribution in [0.1, 0.15) is 16.1 Å². The Bertz CT molecular complexity index is 553. The van der Waals surface area contributed by atoms with Gasteiger partial charge in [-0.25, -0.2) is 9.07 Å². The number of carbonyl (C=O) groups excluding carboxylic acids is 1. The van der Waals surface area contributed by atoms with Crippen molar-refractivity contribution < 1.29 is 9.18 Å². The zero-order valence-electron chi connectivity index (χ0n) is 8.32.